The van der Waals surface area contributed by atoms with Crippen molar-refractivity contribution < 1.29 is 22.7 Å². The molecule has 33 heavy (non-hydrogen) atoms. The fourth-order valence-electron chi connectivity index (χ4n) is 3.94. The molecule has 1 N–H and O–H groups in total. The summed E-state index contributed by atoms with van der Waals surface area (Å²) < 4.78 is 33.9. The van der Waals surface area contributed by atoms with Gasteiger partial charge in [0.2, 0.25) is 0 Å². The summed E-state index contributed by atoms with van der Waals surface area (Å²) in [4.78, 5) is 28.1. The number of carbonyl (C=O) groups is 2. The largest absolute Gasteiger partial charge is 0.465 e. The predicted octanol–water partition coefficient (Wildman–Crippen LogP) is 4.15. The molecule has 1 aromatic heterocycles. The predicted molar refractivity (Wildman–Crippen MR) is 127 cm³/mol. The molecule has 0 saturated carbocycles. The number of amides is 1. The second-order valence-corrected chi connectivity index (χ2v) is 10.9. The Kier molecular flexibility index (Phi) is 6.27. The number of methoxy groups -OCH3 is 1. The second-order valence-electron chi connectivity index (χ2n) is 7.92. The van der Waals surface area contributed by atoms with Crippen molar-refractivity contribution in [1.29, 1.82) is 0 Å². The van der Waals surface area contributed by atoms with Gasteiger partial charge in [-0.25, -0.2) is 13.2 Å². The summed E-state index contributed by atoms with van der Waals surface area (Å²) in [5.74, 6) is -0.815. The highest BCUT2D eigenvalue weighted by atomic mass is 32.2. The van der Waals surface area contributed by atoms with E-state index in [-0.39, 0.29) is 22.2 Å². The fraction of sp³-hybridized carbons (Fsp3) is 0.250. The molecule has 4 rings (SSSR count). The zero-order valence-corrected chi connectivity index (χ0v) is 20.2. The van der Waals surface area contributed by atoms with Gasteiger partial charge in [0.1, 0.15) is 0 Å². The lowest BCUT2D eigenvalue weighted by molar-refractivity contribution is 0.0595. The topological polar surface area (TPSA) is 92.8 Å². The van der Waals surface area contributed by atoms with Crippen LogP contribution in [0.3, 0.4) is 0 Å². The number of hydrogen-bond donors (Lipinski definition) is 1. The molecule has 0 aliphatic carbocycles. The molecular formula is C24H24N2O5S2. The Morgan fingerprint density at radius 1 is 1.09 bits per heavy atom. The van der Waals surface area contributed by atoms with Crippen LogP contribution in [0.25, 0.3) is 0 Å². The van der Waals surface area contributed by atoms with Gasteiger partial charge in [-0.2, -0.15) is 0 Å². The standard InChI is InChI=1S/C24H24N2O5S2/c1-15-7-6-9-17(13-15)25-33(29,30)24-21(23(28)31-3)19-11-12-26(14-20(19)32-24)22(27)18-10-5-4-8-16(18)2/h4-10,13,25H,11-12,14H2,1-3H3. The summed E-state index contributed by atoms with van der Waals surface area (Å²) in [6.45, 7) is 4.36. The van der Waals surface area contributed by atoms with Gasteiger partial charge in [-0.15, -0.1) is 11.3 Å². The molecule has 0 bridgehead atoms. The Morgan fingerprint density at radius 3 is 2.55 bits per heavy atom. The lowest BCUT2D eigenvalue weighted by atomic mass is 10.0. The Hall–Kier alpha value is -3.17. The van der Waals surface area contributed by atoms with Crippen LogP contribution in [0, 0.1) is 13.8 Å². The van der Waals surface area contributed by atoms with Gasteiger partial charge in [0.15, 0.2) is 4.21 Å². The van der Waals surface area contributed by atoms with Crippen LogP contribution in [0.1, 0.15) is 42.3 Å². The average molecular weight is 485 g/mol. The van der Waals surface area contributed by atoms with Gasteiger partial charge in [0.05, 0.1) is 19.2 Å². The quantitative estimate of drug-likeness (QED) is 0.549. The molecular weight excluding hydrogens is 460 g/mol. The molecule has 0 spiro atoms. The fourth-order valence-corrected chi connectivity index (χ4v) is 6.89. The SMILES string of the molecule is COC(=O)c1c(S(=O)(=O)Nc2cccc(C)c2)sc2c1CCN(C(=O)c1ccccc1C)C2. The molecule has 0 radical (unpaired) electrons. The van der Waals surface area contributed by atoms with E-state index in [9.17, 15) is 18.0 Å². The molecule has 0 atom stereocenters. The molecule has 7 nitrogen and oxygen atoms in total. The van der Waals surface area contributed by atoms with Crippen LogP contribution in [0.5, 0.6) is 0 Å². The third-order valence-corrected chi connectivity index (χ3v) is 8.71. The highest BCUT2D eigenvalue weighted by Gasteiger charge is 2.35. The monoisotopic (exact) mass is 484 g/mol. The lowest BCUT2D eigenvalue weighted by Crippen LogP contribution is -2.36. The number of carbonyl (C=O) groups excluding carboxylic acids is 2. The smallest absolute Gasteiger partial charge is 0.340 e. The van der Waals surface area contributed by atoms with Crippen LogP contribution in [0.4, 0.5) is 5.69 Å². The first-order valence-corrected chi connectivity index (χ1v) is 12.7. The first-order chi connectivity index (χ1) is 15.7. The highest BCUT2D eigenvalue weighted by molar-refractivity contribution is 7.94. The molecule has 2 heterocycles. The van der Waals surface area contributed by atoms with Crippen LogP contribution >= 0.6 is 11.3 Å². The normalized spacial score (nSPS) is 13.4. The van der Waals surface area contributed by atoms with Crippen molar-refractivity contribution in [3.63, 3.8) is 0 Å². The molecule has 2 aromatic carbocycles. The summed E-state index contributed by atoms with van der Waals surface area (Å²) in [7, 11) is -2.81. The van der Waals surface area contributed by atoms with Crippen LogP contribution in [-0.2, 0) is 27.7 Å². The molecule has 9 heteroatoms. The van der Waals surface area contributed by atoms with E-state index < -0.39 is 16.0 Å². The van der Waals surface area contributed by atoms with E-state index in [1.165, 1.54) is 7.11 Å². The Labute approximate surface area is 197 Å². The summed E-state index contributed by atoms with van der Waals surface area (Å²) in [5, 5.41) is 0. The molecule has 0 saturated heterocycles. The van der Waals surface area contributed by atoms with Crippen molar-refractivity contribution in [2.45, 2.75) is 31.0 Å². The van der Waals surface area contributed by atoms with Crippen LogP contribution in [0.2, 0.25) is 0 Å². The van der Waals surface area contributed by atoms with Gasteiger partial charge in [0, 0.05) is 22.7 Å². The number of rotatable bonds is 5. The maximum Gasteiger partial charge on any atom is 0.340 e. The highest BCUT2D eigenvalue weighted by Crippen LogP contribution is 2.38. The number of benzene rings is 2. The maximum atomic E-state index is 13.3. The minimum atomic E-state index is -4.04. The maximum absolute atomic E-state index is 13.3. The second kappa shape index (κ2) is 8.99. The molecule has 1 aliphatic heterocycles. The van der Waals surface area contributed by atoms with E-state index in [0.717, 1.165) is 22.5 Å². The Morgan fingerprint density at radius 2 is 1.85 bits per heavy atom. The van der Waals surface area contributed by atoms with Crippen molar-refractivity contribution in [3.05, 3.63) is 81.2 Å². The Bertz CT molecular complexity index is 1340. The minimum Gasteiger partial charge on any atom is -0.465 e. The molecule has 0 unspecified atom stereocenters. The van der Waals surface area contributed by atoms with Gasteiger partial charge in [-0.1, -0.05) is 30.3 Å². The van der Waals surface area contributed by atoms with Gasteiger partial charge >= 0.3 is 5.97 Å². The molecule has 0 fully saturated rings. The summed E-state index contributed by atoms with van der Waals surface area (Å²) in [6, 6.07) is 14.3. The number of fused-ring (bicyclic) bond motifs is 1. The molecule has 172 valence electrons. The average Bonchev–Trinajstić information content (AvgIpc) is 3.18. The third-order valence-electron chi connectivity index (χ3n) is 5.59. The van der Waals surface area contributed by atoms with Crippen molar-refractivity contribution in [2.24, 2.45) is 0 Å². The zero-order valence-electron chi connectivity index (χ0n) is 18.5. The van der Waals surface area contributed by atoms with Crippen molar-refractivity contribution in [2.75, 3.05) is 18.4 Å². The van der Waals surface area contributed by atoms with Crippen LogP contribution in [-0.4, -0.2) is 38.8 Å². The number of aryl methyl sites for hydroxylation is 2. The van der Waals surface area contributed by atoms with E-state index in [1.807, 2.05) is 38.1 Å². The minimum absolute atomic E-state index is 0.0562. The number of nitrogens with zero attached hydrogens (tertiary/aromatic N) is 1. The summed E-state index contributed by atoms with van der Waals surface area (Å²) >= 11 is 1.01. The van der Waals surface area contributed by atoms with E-state index in [4.69, 9.17) is 4.74 Å². The van der Waals surface area contributed by atoms with E-state index in [2.05, 4.69) is 4.72 Å². The number of esters is 1. The van der Waals surface area contributed by atoms with Gasteiger partial charge in [-0.3, -0.25) is 9.52 Å². The number of anilines is 1. The third kappa shape index (κ3) is 4.51. The summed E-state index contributed by atoms with van der Waals surface area (Å²) in [6.07, 6.45) is 0.369. The van der Waals surface area contributed by atoms with Gasteiger partial charge in [-0.05, 0) is 55.2 Å². The number of sulfonamides is 1. The molecule has 3 aromatic rings. The van der Waals surface area contributed by atoms with Crippen LogP contribution < -0.4 is 4.72 Å². The first-order valence-electron chi connectivity index (χ1n) is 10.4. The van der Waals surface area contributed by atoms with Crippen LogP contribution in [0.15, 0.2) is 52.7 Å². The van der Waals surface area contributed by atoms with Gasteiger partial charge in [0.25, 0.3) is 15.9 Å². The first kappa shape index (κ1) is 23.0. The zero-order chi connectivity index (χ0) is 23.8. The number of thiophene rings is 1. The Balaban J connectivity index is 1.71. The summed E-state index contributed by atoms with van der Waals surface area (Å²) in [5.41, 5.74) is 3.48. The molecule has 1 amide bonds. The van der Waals surface area contributed by atoms with E-state index >= 15 is 0 Å². The lowest BCUT2D eigenvalue weighted by Gasteiger charge is -2.27. The number of nitrogens with one attached hydrogen (secondary N) is 1. The number of hydrogen-bond acceptors (Lipinski definition) is 6. The van der Waals surface area contributed by atoms with E-state index in [0.29, 0.717) is 34.7 Å². The van der Waals surface area contributed by atoms with Gasteiger partial charge < -0.3 is 9.64 Å². The molecule has 1 aliphatic rings. The van der Waals surface area contributed by atoms with E-state index in [1.54, 1.807) is 29.2 Å². The van der Waals surface area contributed by atoms with Crippen molar-refractivity contribution in [3.8, 4) is 0 Å². The number of ether oxygens (including phenoxy) is 1. The van der Waals surface area contributed by atoms with Crippen molar-refractivity contribution >= 4 is 38.9 Å². The van der Waals surface area contributed by atoms with Crippen molar-refractivity contribution in [1.82, 2.24) is 4.90 Å².